The molecular formula is C12H12O6. The highest BCUT2D eigenvalue weighted by Crippen LogP contribution is 2.31. The van der Waals surface area contributed by atoms with Gasteiger partial charge in [0.25, 0.3) is 6.47 Å². The van der Waals surface area contributed by atoms with Gasteiger partial charge in [-0.25, -0.2) is 4.79 Å². The number of aliphatic carboxylic acids is 2. The lowest BCUT2D eigenvalue weighted by Gasteiger charge is -2.32. The summed E-state index contributed by atoms with van der Waals surface area (Å²) >= 11 is 0. The molecule has 0 fully saturated rings. The van der Waals surface area contributed by atoms with Crippen molar-refractivity contribution in [2.75, 3.05) is 0 Å². The number of carboxylic acids is 2. The molecule has 0 saturated heterocycles. The largest absolute Gasteiger partial charge is 0.481 e. The van der Waals surface area contributed by atoms with E-state index in [1.807, 2.05) is 0 Å². The summed E-state index contributed by atoms with van der Waals surface area (Å²) in [6.45, 7) is -0.0726. The number of carbonyl (C=O) groups excluding carboxylic acids is 1. The van der Waals surface area contributed by atoms with Crippen LogP contribution in [-0.2, 0) is 19.1 Å². The lowest BCUT2D eigenvalue weighted by Crippen LogP contribution is -2.48. The van der Waals surface area contributed by atoms with Crippen LogP contribution >= 0.6 is 0 Å². The van der Waals surface area contributed by atoms with Gasteiger partial charge in [0.05, 0.1) is 12.8 Å². The Bertz CT molecular complexity index is 413. The number of carbonyl (C=O) groups is 3. The van der Waals surface area contributed by atoms with E-state index in [2.05, 4.69) is 16.6 Å². The first-order valence-corrected chi connectivity index (χ1v) is 4.88. The van der Waals surface area contributed by atoms with E-state index in [4.69, 9.17) is 23.1 Å². The molecule has 0 aliphatic rings. The minimum absolute atomic E-state index is 0.0726. The quantitative estimate of drug-likeness (QED) is 0.470. The number of carboxylic acid groups (broad SMARTS) is 2. The fourth-order valence-corrected chi connectivity index (χ4v) is 1.58. The number of terminal acetylenes is 2. The van der Waals surface area contributed by atoms with Gasteiger partial charge in [0, 0.05) is 12.3 Å². The molecule has 0 heterocycles. The van der Waals surface area contributed by atoms with Crippen LogP contribution in [0.1, 0.15) is 19.3 Å². The topological polar surface area (TPSA) is 101 Å². The van der Waals surface area contributed by atoms with Gasteiger partial charge in [-0.1, -0.05) is 0 Å². The number of rotatable bonds is 8. The Kier molecular flexibility index (Phi) is 6.02. The van der Waals surface area contributed by atoms with Crippen molar-refractivity contribution in [3.8, 4) is 24.7 Å². The van der Waals surface area contributed by atoms with Gasteiger partial charge in [0.2, 0.25) is 5.60 Å². The molecule has 0 aromatic heterocycles. The van der Waals surface area contributed by atoms with Gasteiger partial charge in [0.15, 0.2) is 0 Å². The first kappa shape index (κ1) is 15.5. The van der Waals surface area contributed by atoms with Crippen molar-refractivity contribution in [3.63, 3.8) is 0 Å². The minimum atomic E-state index is -2.11. The average Bonchev–Trinajstić information content (AvgIpc) is 2.27. The predicted octanol–water partition coefficient (Wildman–Crippen LogP) is 0.120. The van der Waals surface area contributed by atoms with Crippen LogP contribution in [0.4, 0.5) is 0 Å². The Labute approximate surface area is 104 Å². The zero-order valence-electron chi connectivity index (χ0n) is 9.46. The zero-order valence-corrected chi connectivity index (χ0v) is 9.46. The molecule has 0 spiro atoms. The summed E-state index contributed by atoms with van der Waals surface area (Å²) in [5, 5.41) is 17.9. The van der Waals surface area contributed by atoms with Gasteiger partial charge in [-0.15, -0.1) is 24.7 Å². The molecule has 6 nitrogen and oxygen atoms in total. The minimum Gasteiger partial charge on any atom is -0.481 e. The smallest absolute Gasteiger partial charge is 0.349 e. The van der Waals surface area contributed by atoms with E-state index >= 15 is 0 Å². The van der Waals surface area contributed by atoms with Crippen LogP contribution in [-0.4, -0.2) is 34.2 Å². The summed E-state index contributed by atoms with van der Waals surface area (Å²) in [5.74, 6) is 0.345. The lowest BCUT2D eigenvalue weighted by molar-refractivity contribution is -0.178. The maximum Gasteiger partial charge on any atom is 0.349 e. The summed E-state index contributed by atoms with van der Waals surface area (Å²) in [6, 6.07) is 0. The third-order valence-electron chi connectivity index (χ3n) is 2.43. The SMILES string of the molecule is C#CCC(CC(=O)O)C(CC#C)(OC=O)C(=O)O. The monoisotopic (exact) mass is 252 g/mol. The molecule has 2 unspecified atom stereocenters. The van der Waals surface area contributed by atoms with Crippen LogP contribution in [0.5, 0.6) is 0 Å². The van der Waals surface area contributed by atoms with E-state index in [0.717, 1.165) is 0 Å². The van der Waals surface area contributed by atoms with Crippen molar-refractivity contribution < 1.29 is 29.3 Å². The molecule has 2 N–H and O–H groups in total. The maximum absolute atomic E-state index is 11.3. The van der Waals surface area contributed by atoms with Crippen LogP contribution < -0.4 is 0 Å². The highest BCUT2D eigenvalue weighted by atomic mass is 16.6. The van der Waals surface area contributed by atoms with Crippen LogP contribution in [0, 0.1) is 30.6 Å². The van der Waals surface area contributed by atoms with E-state index in [1.165, 1.54) is 0 Å². The van der Waals surface area contributed by atoms with E-state index < -0.39 is 36.3 Å². The molecule has 0 amide bonds. The van der Waals surface area contributed by atoms with Gasteiger partial charge < -0.3 is 14.9 Å². The van der Waals surface area contributed by atoms with Gasteiger partial charge in [-0.05, 0) is 0 Å². The van der Waals surface area contributed by atoms with Crippen molar-refractivity contribution in [2.45, 2.75) is 24.9 Å². The summed E-state index contributed by atoms with van der Waals surface area (Å²) in [5.41, 5.74) is -2.11. The Morgan fingerprint density at radius 2 is 1.94 bits per heavy atom. The maximum atomic E-state index is 11.3. The Hall–Kier alpha value is -2.47. The molecule has 0 aromatic rings. The third-order valence-corrected chi connectivity index (χ3v) is 2.43. The van der Waals surface area contributed by atoms with Crippen molar-refractivity contribution in [1.82, 2.24) is 0 Å². The third kappa shape index (κ3) is 3.53. The van der Waals surface area contributed by atoms with Gasteiger partial charge >= 0.3 is 11.9 Å². The first-order chi connectivity index (χ1) is 8.44. The predicted molar refractivity (Wildman–Crippen MR) is 60.2 cm³/mol. The van der Waals surface area contributed by atoms with Crippen molar-refractivity contribution in [3.05, 3.63) is 0 Å². The molecular weight excluding hydrogens is 240 g/mol. The van der Waals surface area contributed by atoms with Gasteiger partial charge in [-0.2, -0.15) is 0 Å². The first-order valence-electron chi connectivity index (χ1n) is 4.88. The molecule has 96 valence electrons. The van der Waals surface area contributed by atoms with Crippen LogP contribution in [0.15, 0.2) is 0 Å². The van der Waals surface area contributed by atoms with E-state index in [0.29, 0.717) is 0 Å². The number of hydrogen-bond acceptors (Lipinski definition) is 4. The Morgan fingerprint density at radius 1 is 1.33 bits per heavy atom. The summed E-state index contributed by atoms with van der Waals surface area (Å²) in [7, 11) is 0. The van der Waals surface area contributed by atoms with E-state index in [9.17, 15) is 14.4 Å². The fraction of sp³-hybridized carbons (Fsp3) is 0.417. The molecule has 0 bridgehead atoms. The molecule has 0 aliphatic carbocycles. The number of hydrogen-bond donors (Lipinski definition) is 2. The normalized spacial score (nSPS) is 14.3. The summed E-state index contributed by atoms with van der Waals surface area (Å²) in [4.78, 5) is 32.4. The van der Waals surface area contributed by atoms with Crippen molar-refractivity contribution in [2.24, 2.45) is 5.92 Å². The summed E-state index contributed by atoms with van der Waals surface area (Å²) < 4.78 is 4.57. The van der Waals surface area contributed by atoms with Crippen molar-refractivity contribution >= 4 is 18.4 Å². The standard InChI is InChI=1S/C12H12O6/c1-3-5-9(7-10(14)15)12(6-4-2,11(16)17)18-8-13/h1-2,8-9H,5-7H2,(H,14,15)(H,16,17). The average molecular weight is 252 g/mol. The lowest BCUT2D eigenvalue weighted by atomic mass is 9.80. The molecule has 6 heteroatoms. The van der Waals surface area contributed by atoms with Crippen LogP contribution in [0.2, 0.25) is 0 Å². The molecule has 18 heavy (non-hydrogen) atoms. The second-order valence-electron chi connectivity index (χ2n) is 3.49. The molecule has 0 aromatic carbocycles. The molecule has 0 aliphatic heterocycles. The zero-order chi connectivity index (χ0) is 14.2. The van der Waals surface area contributed by atoms with Gasteiger partial charge in [-0.3, -0.25) is 9.59 Å². The second kappa shape index (κ2) is 6.97. The van der Waals surface area contributed by atoms with Crippen molar-refractivity contribution in [1.29, 1.82) is 0 Å². The van der Waals surface area contributed by atoms with E-state index in [1.54, 1.807) is 0 Å². The Balaban J connectivity index is 5.51. The van der Waals surface area contributed by atoms with Crippen LogP contribution in [0.3, 0.4) is 0 Å². The number of ether oxygens (including phenoxy) is 1. The second-order valence-corrected chi connectivity index (χ2v) is 3.49. The molecule has 0 saturated carbocycles. The van der Waals surface area contributed by atoms with Gasteiger partial charge in [0.1, 0.15) is 0 Å². The molecule has 0 radical (unpaired) electrons. The van der Waals surface area contributed by atoms with Crippen LogP contribution in [0.25, 0.3) is 0 Å². The fourth-order valence-electron chi connectivity index (χ4n) is 1.58. The summed E-state index contributed by atoms with van der Waals surface area (Å²) in [6.07, 6.45) is 8.89. The van der Waals surface area contributed by atoms with E-state index in [-0.39, 0.29) is 12.9 Å². The Morgan fingerprint density at radius 3 is 2.28 bits per heavy atom. The molecule has 0 rings (SSSR count). The molecule has 2 atom stereocenters. The highest BCUT2D eigenvalue weighted by Gasteiger charge is 2.48. The highest BCUT2D eigenvalue weighted by molar-refractivity contribution is 5.81.